The monoisotopic (exact) mass is 274 g/mol. The Hall–Kier alpha value is -1.06. The molecule has 0 aromatic heterocycles. The van der Waals surface area contributed by atoms with Crippen LogP contribution in [0.5, 0.6) is 5.75 Å². The molecule has 0 spiro atoms. The normalized spacial score (nSPS) is 25.6. The number of nitrogens with one attached hydrogen (secondary N) is 1. The van der Waals surface area contributed by atoms with Gasteiger partial charge in [0.25, 0.3) is 0 Å². The molecule has 0 heterocycles. The fourth-order valence-electron chi connectivity index (χ4n) is 3.55. The van der Waals surface area contributed by atoms with Crippen molar-refractivity contribution in [1.29, 1.82) is 0 Å². The van der Waals surface area contributed by atoms with Crippen LogP contribution < -0.4 is 10.1 Å². The summed E-state index contributed by atoms with van der Waals surface area (Å²) >= 11 is 0. The van der Waals surface area contributed by atoms with Gasteiger partial charge in [-0.2, -0.15) is 0 Å². The molecule has 3 rings (SSSR count). The molecule has 0 radical (unpaired) electrons. The van der Waals surface area contributed by atoms with Gasteiger partial charge in [-0.3, -0.25) is 4.90 Å². The van der Waals surface area contributed by atoms with Crippen LogP contribution in [0.4, 0.5) is 0 Å². The molecule has 2 aliphatic carbocycles. The second-order valence-corrected chi connectivity index (χ2v) is 6.10. The molecule has 0 bridgehead atoms. The van der Waals surface area contributed by atoms with Gasteiger partial charge in [0.05, 0.1) is 7.11 Å². The molecular formula is C17H26N2O. The maximum absolute atomic E-state index is 5.42. The lowest BCUT2D eigenvalue weighted by atomic mass is 9.83. The predicted molar refractivity (Wildman–Crippen MR) is 82.3 cm³/mol. The van der Waals surface area contributed by atoms with Crippen LogP contribution in [0.25, 0.3) is 0 Å². The van der Waals surface area contributed by atoms with Crippen LogP contribution >= 0.6 is 0 Å². The van der Waals surface area contributed by atoms with Crippen molar-refractivity contribution >= 4 is 0 Å². The third-order valence-corrected chi connectivity index (χ3v) is 4.85. The summed E-state index contributed by atoms with van der Waals surface area (Å²) in [7, 11) is 4.05. The van der Waals surface area contributed by atoms with Crippen molar-refractivity contribution in [3.8, 4) is 5.75 Å². The zero-order valence-corrected chi connectivity index (χ0v) is 12.9. The van der Waals surface area contributed by atoms with Gasteiger partial charge in [-0.15, -0.1) is 0 Å². The summed E-state index contributed by atoms with van der Waals surface area (Å²) in [6.45, 7) is 3.21. The Morgan fingerprint density at radius 3 is 2.75 bits per heavy atom. The lowest BCUT2D eigenvalue weighted by Crippen LogP contribution is -2.46. The first kappa shape index (κ1) is 13.9. The van der Waals surface area contributed by atoms with Crippen LogP contribution in [-0.4, -0.2) is 37.7 Å². The Morgan fingerprint density at radius 1 is 1.30 bits per heavy atom. The quantitative estimate of drug-likeness (QED) is 0.893. The fourth-order valence-corrected chi connectivity index (χ4v) is 3.55. The number of hydrogen-bond acceptors (Lipinski definition) is 3. The molecule has 1 saturated carbocycles. The number of benzene rings is 1. The number of aryl methyl sites for hydroxylation is 1. The minimum atomic E-state index is 0.435. The summed E-state index contributed by atoms with van der Waals surface area (Å²) in [5.74, 6) is 0.973. The first-order valence-electron chi connectivity index (χ1n) is 7.86. The van der Waals surface area contributed by atoms with Gasteiger partial charge in [-0.05, 0) is 62.5 Å². The molecule has 1 N–H and O–H groups in total. The van der Waals surface area contributed by atoms with Gasteiger partial charge in [0, 0.05) is 18.1 Å². The topological polar surface area (TPSA) is 24.5 Å². The summed E-state index contributed by atoms with van der Waals surface area (Å²) in [6, 6.07) is 8.42. The molecule has 2 aliphatic rings. The Balaban J connectivity index is 1.91. The van der Waals surface area contributed by atoms with Crippen LogP contribution in [-0.2, 0) is 6.42 Å². The Kier molecular flexibility index (Phi) is 3.99. The van der Waals surface area contributed by atoms with E-state index in [2.05, 4.69) is 42.4 Å². The lowest BCUT2D eigenvalue weighted by molar-refractivity contribution is 0.165. The minimum Gasteiger partial charge on any atom is -0.497 e. The van der Waals surface area contributed by atoms with E-state index in [1.807, 2.05) is 0 Å². The van der Waals surface area contributed by atoms with Gasteiger partial charge >= 0.3 is 0 Å². The number of hydrogen-bond donors (Lipinski definition) is 1. The van der Waals surface area contributed by atoms with Gasteiger partial charge in [0.15, 0.2) is 0 Å². The Labute approximate surface area is 122 Å². The van der Waals surface area contributed by atoms with Crippen LogP contribution in [0, 0.1) is 0 Å². The van der Waals surface area contributed by atoms with E-state index >= 15 is 0 Å². The van der Waals surface area contributed by atoms with E-state index in [-0.39, 0.29) is 0 Å². The minimum absolute atomic E-state index is 0.435. The Morgan fingerprint density at radius 2 is 2.10 bits per heavy atom. The number of methoxy groups -OCH3 is 1. The fraction of sp³-hybridized carbons (Fsp3) is 0.647. The molecular weight excluding hydrogens is 248 g/mol. The number of rotatable bonds is 5. The highest BCUT2D eigenvalue weighted by Crippen LogP contribution is 2.38. The van der Waals surface area contributed by atoms with Gasteiger partial charge in [0.1, 0.15) is 5.75 Å². The number of nitrogens with zero attached hydrogens (tertiary/aromatic N) is 1. The molecule has 1 aromatic rings. The highest BCUT2D eigenvalue weighted by Gasteiger charge is 2.38. The third kappa shape index (κ3) is 2.57. The molecule has 2 atom stereocenters. The zero-order valence-electron chi connectivity index (χ0n) is 12.9. The Bertz CT molecular complexity index is 470. The van der Waals surface area contributed by atoms with Crippen molar-refractivity contribution in [2.24, 2.45) is 0 Å². The van der Waals surface area contributed by atoms with Crippen molar-refractivity contribution in [3.63, 3.8) is 0 Å². The summed E-state index contributed by atoms with van der Waals surface area (Å²) < 4.78 is 5.42. The molecule has 3 nitrogen and oxygen atoms in total. The average molecular weight is 274 g/mol. The van der Waals surface area contributed by atoms with Crippen molar-refractivity contribution in [3.05, 3.63) is 29.3 Å². The second kappa shape index (κ2) is 5.74. The standard InChI is InChI=1S/C17H26N2O/c1-4-18-17-15-11-14(20-3)9-5-12(15)6-10-16(17)19(2)13-7-8-13/h5,9,11,13,16-18H,4,6-8,10H2,1-3H3. The van der Waals surface area contributed by atoms with E-state index in [0.29, 0.717) is 12.1 Å². The number of ether oxygens (including phenoxy) is 1. The van der Waals surface area contributed by atoms with E-state index in [0.717, 1.165) is 18.3 Å². The average Bonchev–Trinajstić information content (AvgIpc) is 3.31. The second-order valence-electron chi connectivity index (χ2n) is 6.10. The van der Waals surface area contributed by atoms with Crippen LogP contribution in [0.2, 0.25) is 0 Å². The SMILES string of the molecule is CCNC1c2cc(OC)ccc2CCC1N(C)C1CC1. The number of fused-ring (bicyclic) bond motifs is 1. The molecule has 1 fully saturated rings. The van der Waals surface area contributed by atoms with Gasteiger partial charge in [-0.1, -0.05) is 13.0 Å². The summed E-state index contributed by atoms with van der Waals surface area (Å²) in [5.41, 5.74) is 2.92. The van der Waals surface area contributed by atoms with E-state index in [1.54, 1.807) is 7.11 Å². The van der Waals surface area contributed by atoms with Crippen LogP contribution in [0.3, 0.4) is 0 Å². The van der Waals surface area contributed by atoms with Gasteiger partial charge < -0.3 is 10.1 Å². The summed E-state index contributed by atoms with van der Waals surface area (Å²) in [4.78, 5) is 2.61. The maximum Gasteiger partial charge on any atom is 0.119 e. The predicted octanol–water partition coefficient (Wildman–Crippen LogP) is 2.75. The van der Waals surface area contributed by atoms with Crippen molar-refractivity contribution in [1.82, 2.24) is 10.2 Å². The van der Waals surface area contributed by atoms with Crippen molar-refractivity contribution in [2.45, 2.75) is 50.7 Å². The zero-order chi connectivity index (χ0) is 14.1. The van der Waals surface area contributed by atoms with Gasteiger partial charge in [0.2, 0.25) is 0 Å². The van der Waals surface area contributed by atoms with Crippen LogP contribution in [0.1, 0.15) is 43.4 Å². The summed E-state index contributed by atoms with van der Waals surface area (Å²) in [5, 5.41) is 3.71. The van der Waals surface area contributed by atoms with E-state index in [4.69, 9.17) is 4.74 Å². The largest absolute Gasteiger partial charge is 0.497 e. The molecule has 20 heavy (non-hydrogen) atoms. The molecule has 0 saturated heterocycles. The van der Waals surface area contributed by atoms with E-state index in [1.165, 1.54) is 36.8 Å². The lowest BCUT2D eigenvalue weighted by Gasteiger charge is -2.40. The summed E-state index contributed by atoms with van der Waals surface area (Å²) in [6.07, 6.45) is 5.18. The molecule has 2 unspecified atom stereocenters. The molecule has 110 valence electrons. The van der Waals surface area contributed by atoms with Crippen molar-refractivity contribution < 1.29 is 4.74 Å². The van der Waals surface area contributed by atoms with Gasteiger partial charge in [-0.25, -0.2) is 0 Å². The third-order valence-electron chi connectivity index (χ3n) is 4.85. The molecule has 3 heteroatoms. The molecule has 1 aromatic carbocycles. The smallest absolute Gasteiger partial charge is 0.119 e. The van der Waals surface area contributed by atoms with E-state index < -0.39 is 0 Å². The van der Waals surface area contributed by atoms with E-state index in [9.17, 15) is 0 Å². The highest BCUT2D eigenvalue weighted by atomic mass is 16.5. The number of likely N-dealkylation sites (N-methyl/N-ethyl adjacent to an activating group) is 2. The maximum atomic E-state index is 5.42. The molecule has 0 aliphatic heterocycles. The first-order chi connectivity index (χ1) is 9.74. The molecule has 0 amide bonds. The van der Waals surface area contributed by atoms with Crippen molar-refractivity contribution in [2.75, 3.05) is 20.7 Å². The highest BCUT2D eigenvalue weighted by molar-refractivity contribution is 5.40. The van der Waals surface area contributed by atoms with Crippen LogP contribution in [0.15, 0.2) is 18.2 Å². The first-order valence-corrected chi connectivity index (χ1v) is 7.86.